The highest BCUT2D eigenvalue weighted by atomic mass is 19.4. The van der Waals surface area contributed by atoms with E-state index in [4.69, 9.17) is 8.94 Å². The predicted octanol–water partition coefficient (Wildman–Crippen LogP) is 3.75. The fourth-order valence-corrected chi connectivity index (χ4v) is 2.21. The molecule has 0 radical (unpaired) electrons. The first kappa shape index (κ1) is 19.0. The third-order valence-electron chi connectivity index (χ3n) is 3.32. The van der Waals surface area contributed by atoms with Gasteiger partial charge in [-0.15, -0.1) is 0 Å². The Morgan fingerprint density at radius 2 is 2.04 bits per heavy atom. The number of hydrogen-bond acceptors (Lipinski definition) is 5. The van der Waals surface area contributed by atoms with Crippen LogP contribution in [0.2, 0.25) is 0 Å². The number of amides is 1. The van der Waals surface area contributed by atoms with Gasteiger partial charge in [-0.1, -0.05) is 25.9 Å². The molecule has 25 heavy (non-hydrogen) atoms. The molecule has 2 aromatic rings. The maximum atomic E-state index is 13.1. The lowest BCUT2D eigenvalue weighted by molar-refractivity contribution is -0.167. The van der Waals surface area contributed by atoms with Gasteiger partial charge in [0.15, 0.2) is 5.76 Å². The van der Waals surface area contributed by atoms with Gasteiger partial charge in [-0.3, -0.25) is 4.79 Å². The zero-order chi connectivity index (χ0) is 18.7. The molecule has 2 heterocycles. The number of hydrogen-bond donors (Lipinski definition) is 1. The van der Waals surface area contributed by atoms with Crippen LogP contribution in [0, 0.1) is 5.41 Å². The summed E-state index contributed by atoms with van der Waals surface area (Å²) in [7, 11) is 0. The van der Waals surface area contributed by atoms with Gasteiger partial charge < -0.3 is 14.3 Å². The van der Waals surface area contributed by atoms with E-state index in [-0.39, 0.29) is 31.0 Å². The molecule has 0 fully saturated rings. The molecule has 0 aliphatic rings. The third-order valence-corrected chi connectivity index (χ3v) is 3.32. The van der Waals surface area contributed by atoms with E-state index in [2.05, 4.69) is 10.1 Å². The molecule has 1 unspecified atom stereocenters. The van der Waals surface area contributed by atoms with E-state index in [1.807, 2.05) is 5.32 Å². The first-order chi connectivity index (χ1) is 11.5. The molecule has 6 nitrogen and oxygen atoms in total. The quantitative estimate of drug-likeness (QED) is 0.850. The van der Waals surface area contributed by atoms with Crippen LogP contribution in [0.25, 0.3) is 11.6 Å². The monoisotopic (exact) mass is 359 g/mol. The van der Waals surface area contributed by atoms with Crippen LogP contribution < -0.4 is 5.32 Å². The van der Waals surface area contributed by atoms with Crippen LogP contribution in [0.4, 0.5) is 13.2 Å². The Balaban J connectivity index is 1.90. The van der Waals surface area contributed by atoms with Crippen molar-refractivity contribution >= 4 is 5.91 Å². The van der Waals surface area contributed by atoms with Crippen LogP contribution in [0.5, 0.6) is 0 Å². The Labute approximate surface area is 142 Å². The third kappa shape index (κ3) is 5.91. The highest BCUT2D eigenvalue weighted by Gasteiger charge is 2.42. The summed E-state index contributed by atoms with van der Waals surface area (Å²) >= 11 is 0. The van der Waals surface area contributed by atoms with Gasteiger partial charge in [-0.2, -0.15) is 18.2 Å². The maximum Gasteiger partial charge on any atom is 0.408 e. The Morgan fingerprint density at radius 1 is 1.32 bits per heavy atom. The number of rotatable bonds is 6. The highest BCUT2D eigenvalue weighted by molar-refractivity contribution is 5.76. The van der Waals surface area contributed by atoms with Crippen LogP contribution in [0.15, 0.2) is 27.3 Å². The molecular formula is C16H20F3N3O3. The molecule has 0 aliphatic heterocycles. The van der Waals surface area contributed by atoms with Crippen molar-refractivity contribution in [3.63, 3.8) is 0 Å². The van der Waals surface area contributed by atoms with E-state index in [0.29, 0.717) is 5.76 Å². The minimum Gasteiger partial charge on any atom is -0.461 e. The molecular weight excluding hydrogens is 339 g/mol. The molecule has 1 N–H and O–H groups in total. The molecule has 2 aromatic heterocycles. The van der Waals surface area contributed by atoms with Crippen molar-refractivity contribution in [2.75, 3.05) is 0 Å². The van der Waals surface area contributed by atoms with Gasteiger partial charge in [0.05, 0.1) is 6.26 Å². The van der Waals surface area contributed by atoms with Gasteiger partial charge in [-0.25, -0.2) is 0 Å². The maximum absolute atomic E-state index is 13.1. The van der Waals surface area contributed by atoms with Gasteiger partial charge in [0.2, 0.25) is 17.6 Å². The fourth-order valence-electron chi connectivity index (χ4n) is 2.21. The number of furan rings is 1. The average molecular weight is 359 g/mol. The summed E-state index contributed by atoms with van der Waals surface area (Å²) in [5.41, 5.74) is -0.572. The van der Waals surface area contributed by atoms with Crippen molar-refractivity contribution in [2.24, 2.45) is 5.41 Å². The van der Waals surface area contributed by atoms with Crippen LogP contribution in [-0.4, -0.2) is 28.3 Å². The van der Waals surface area contributed by atoms with Gasteiger partial charge in [-0.05, 0) is 24.0 Å². The second kappa shape index (κ2) is 7.28. The second-order valence-corrected chi connectivity index (χ2v) is 6.92. The molecule has 9 heteroatoms. The summed E-state index contributed by atoms with van der Waals surface area (Å²) in [5.74, 6) is 0.0633. The van der Waals surface area contributed by atoms with Gasteiger partial charge in [0, 0.05) is 12.8 Å². The van der Waals surface area contributed by atoms with E-state index in [1.165, 1.54) is 6.26 Å². The van der Waals surface area contributed by atoms with Crippen molar-refractivity contribution in [1.29, 1.82) is 0 Å². The zero-order valence-electron chi connectivity index (χ0n) is 14.2. The summed E-state index contributed by atoms with van der Waals surface area (Å²) < 4.78 is 49.3. The van der Waals surface area contributed by atoms with Gasteiger partial charge in [0.1, 0.15) is 6.04 Å². The molecule has 0 aliphatic carbocycles. The van der Waals surface area contributed by atoms with Crippen molar-refractivity contribution < 1.29 is 26.9 Å². The Hall–Kier alpha value is -2.32. The van der Waals surface area contributed by atoms with Crippen LogP contribution in [0.3, 0.4) is 0 Å². The van der Waals surface area contributed by atoms with Crippen molar-refractivity contribution in [3.8, 4) is 11.6 Å². The molecule has 1 atom stereocenters. The molecule has 0 saturated heterocycles. The number of aryl methyl sites for hydroxylation is 1. The largest absolute Gasteiger partial charge is 0.461 e. The molecule has 0 bridgehead atoms. The van der Waals surface area contributed by atoms with E-state index >= 15 is 0 Å². The summed E-state index contributed by atoms with van der Waals surface area (Å²) in [4.78, 5) is 15.9. The minimum absolute atomic E-state index is 0.0413. The standard InChI is InChI=1S/C16H20F3N3O3/c1-15(2,3)9-11(16(17,18)19)20-12(23)6-7-13-21-14(22-25-13)10-5-4-8-24-10/h4-5,8,11H,6-7,9H2,1-3H3,(H,20,23). The number of carbonyl (C=O) groups is 1. The Kier molecular flexibility index (Phi) is 5.54. The lowest BCUT2D eigenvalue weighted by atomic mass is 9.88. The van der Waals surface area contributed by atoms with E-state index in [1.54, 1.807) is 32.9 Å². The summed E-state index contributed by atoms with van der Waals surface area (Å²) in [5, 5.41) is 5.74. The number of nitrogens with one attached hydrogen (secondary N) is 1. The fraction of sp³-hybridized carbons (Fsp3) is 0.562. The van der Waals surface area contributed by atoms with Crippen molar-refractivity contribution in [2.45, 2.75) is 52.3 Å². The summed E-state index contributed by atoms with van der Waals surface area (Å²) in [6, 6.07) is 1.41. The molecule has 0 spiro atoms. The lowest BCUT2D eigenvalue weighted by Gasteiger charge is -2.28. The van der Waals surface area contributed by atoms with E-state index in [9.17, 15) is 18.0 Å². The number of aromatic nitrogens is 2. The predicted molar refractivity (Wildman–Crippen MR) is 82.4 cm³/mol. The number of halogens is 3. The molecule has 2 rings (SSSR count). The van der Waals surface area contributed by atoms with Gasteiger partial charge in [0.25, 0.3) is 0 Å². The Morgan fingerprint density at radius 3 is 2.60 bits per heavy atom. The molecule has 138 valence electrons. The smallest absolute Gasteiger partial charge is 0.408 e. The lowest BCUT2D eigenvalue weighted by Crippen LogP contribution is -2.47. The minimum atomic E-state index is -4.50. The van der Waals surface area contributed by atoms with Gasteiger partial charge >= 0.3 is 6.18 Å². The van der Waals surface area contributed by atoms with Crippen LogP contribution in [-0.2, 0) is 11.2 Å². The molecule has 0 saturated carbocycles. The first-order valence-corrected chi connectivity index (χ1v) is 7.77. The van der Waals surface area contributed by atoms with E-state index < -0.39 is 23.5 Å². The average Bonchev–Trinajstić information content (AvgIpc) is 3.13. The molecule has 1 amide bonds. The van der Waals surface area contributed by atoms with Crippen LogP contribution in [0.1, 0.15) is 39.5 Å². The second-order valence-electron chi connectivity index (χ2n) is 6.92. The summed E-state index contributed by atoms with van der Waals surface area (Å²) in [6.45, 7) is 5.06. The van der Waals surface area contributed by atoms with Crippen LogP contribution >= 0.6 is 0 Å². The summed E-state index contributed by atoms with van der Waals surface area (Å²) in [6.07, 6.45) is -3.40. The molecule has 0 aromatic carbocycles. The van der Waals surface area contributed by atoms with E-state index in [0.717, 1.165) is 0 Å². The topological polar surface area (TPSA) is 81.2 Å². The Bertz CT molecular complexity index is 688. The number of nitrogens with zero attached hydrogens (tertiary/aromatic N) is 2. The zero-order valence-corrected chi connectivity index (χ0v) is 14.2. The number of alkyl halides is 3. The van der Waals surface area contributed by atoms with Crippen molar-refractivity contribution in [1.82, 2.24) is 15.5 Å². The SMILES string of the molecule is CC(C)(C)CC(NC(=O)CCc1nc(-c2ccco2)no1)C(F)(F)F. The number of carbonyl (C=O) groups excluding carboxylic acids is 1. The normalized spacial score (nSPS) is 13.7. The highest BCUT2D eigenvalue weighted by Crippen LogP contribution is 2.30. The van der Waals surface area contributed by atoms with Crippen molar-refractivity contribution in [3.05, 3.63) is 24.3 Å². The first-order valence-electron chi connectivity index (χ1n) is 7.77.